The highest BCUT2D eigenvalue weighted by Gasteiger charge is 2.34. The van der Waals surface area contributed by atoms with Gasteiger partial charge in [-0.15, -0.1) is 0 Å². The maximum absolute atomic E-state index is 13.0. The van der Waals surface area contributed by atoms with Crippen LogP contribution >= 0.6 is 24.0 Å². The number of aromatic nitrogens is 1. The van der Waals surface area contributed by atoms with Gasteiger partial charge < -0.3 is 14.6 Å². The quantitative estimate of drug-likeness (QED) is 0.530. The molecular weight excluding hydrogens is 412 g/mol. The molecule has 0 spiro atoms. The second-order valence-electron chi connectivity index (χ2n) is 6.24. The summed E-state index contributed by atoms with van der Waals surface area (Å²) in [7, 11) is 0. The van der Waals surface area contributed by atoms with E-state index in [1.165, 1.54) is 16.8 Å². The third kappa shape index (κ3) is 4.46. The number of carboxylic acid groups (broad SMARTS) is 1. The SMILES string of the molecule is CCOc1cc(/C=C2/SC(=S)N(n3c(C)ccc3C)C2=O)ccc1OCC(=O)O. The molecule has 1 aliphatic heterocycles. The topological polar surface area (TPSA) is 81.0 Å². The van der Waals surface area contributed by atoms with Crippen LogP contribution in [0.4, 0.5) is 0 Å². The number of nitrogens with zero attached hydrogens (tertiary/aromatic N) is 2. The summed E-state index contributed by atoms with van der Waals surface area (Å²) in [5.41, 5.74) is 2.55. The number of carbonyl (C=O) groups is 2. The van der Waals surface area contributed by atoms with E-state index in [1.807, 2.05) is 32.9 Å². The Hall–Kier alpha value is -2.78. The van der Waals surface area contributed by atoms with Crippen molar-refractivity contribution in [2.45, 2.75) is 20.8 Å². The lowest BCUT2D eigenvalue weighted by Gasteiger charge is -2.20. The molecule has 152 valence electrons. The van der Waals surface area contributed by atoms with E-state index in [0.29, 0.717) is 27.3 Å². The molecule has 1 amide bonds. The minimum absolute atomic E-state index is 0.202. The maximum Gasteiger partial charge on any atom is 0.341 e. The summed E-state index contributed by atoms with van der Waals surface area (Å²) < 4.78 is 13.1. The summed E-state index contributed by atoms with van der Waals surface area (Å²) in [4.78, 5) is 24.2. The van der Waals surface area contributed by atoms with Gasteiger partial charge in [-0.1, -0.05) is 17.8 Å². The molecule has 29 heavy (non-hydrogen) atoms. The zero-order valence-corrected chi connectivity index (χ0v) is 17.8. The number of benzene rings is 1. The first-order valence-electron chi connectivity index (χ1n) is 8.86. The van der Waals surface area contributed by atoms with E-state index in [2.05, 4.69) is 0 Å². The Morgan fingerprint density at radius 3 is 2.48 bits per heavy atom. The van der Waals surface area contributed by atoms with E-state index in [1.54, 1.807) is 29.0 Å². The Balaban J connectivity index is 1.90. The van der Waals surface area contributed by atoms with Crippen LogP contribution in [0.2, 0.25) is 0 Å². The molecule has 1 saturated heterocycles. The highest BCUT2D eigenvalue weighted by Crippen LogP contribution is 2.35. The highest BCUT2D eigenvalue weighted by atomic mass is 32.2. The predicted molar refractivity (Wildman–Crippen MR) is 116 cm³/mol. The lowest BCUT2D eigenvalue weighted by atomic mass is 10.2. The highest BCUT2D eigenvalue weighted by molar-refractivity contribution is 8.27. The van der Waals surface area contributed by atoms with Gasteiger partial charge in [0.1, 0.15) is 0 Å². The fourth-order valence-electron chi connectivity index (χ4n) is 2.90. The molecule has 1 N–H and O–H groups in total. The monoisotopic (exact) mass is 432 g/mol. The van der Waals surface area contributed by atoms with Crippen LogP contribution in [0.15, 0.2) is 35.2 Å². The van der Waals surface area contributed by atoms with Gasteiger partial charge in [0.25, 0.3) is 5.91 Å². The molecule has 0 atom stereocenters. The molecular formula is C20H20N2O5S2. The van der Waals surface area contributed by atoms with Crippen molar-refractivity contribution in [2.24, 2.45) is 0 Å². The average molecular weight is 433 g/mol. The van der Waals surface area contributed by atoms with Gasteiger partial charge in [-0.3, -0.25) is 9.47 Å². The van der Waals surface area contributed by atoms with Crippen LogP contribution in [-0.2, 0) is 9.59 Å². The van der Waals surface area contributed by atoms with Crippen LogP contribution in [0.1, 0.15) is 23.9 Å². The zero-order valence-electron chi connectivity index (χ0n) is 16.2. The van der Waals surface area contributed by atoms with Gasteiger partial charge in [0.2, 0.25) is 0 Å². The molecule has 7 nitrogen and oxygen atoms in total. The van der Waals surface area contributed by atoms with Crippen molar-refractivity contribution in [1.29, 1.82) is 0 Å². The molecule has 1 aromatic carbocycles. The summed E-state index contributed by atoms with van der Waals surface area (Å²) in [6, 6.07) is 8.93. The normalized spacial score (nSPS) is 15.3. The molecule has 0 bridgehead atoms. The fourth-order valence-corrected chi connectivity index (χ4v) is 4.14. The number of aryl methyl sites for hydroxylation is 2. The summed E-state index contributed by atoms with van der Waals surface area (Å²) in [6.45, 7) is 5.58. The lowest BCUT2D eigenvalue weighted by molar-refractivity contribution is -0.139. The summed E-state index contributed by atoms with van der Waals surface area (Å²) >= 11 is 6.66. The van der Waals surface area contributed by atoms with Crippen molar-refractivity contribution in [3.8, 4) is 11.5 Å². The predicted octanol–water partition coefficient (Wildman–Crippen LogP) is 3.50. The molecule has 1 fully saturated rings. The van der Waals surface area contributed by atoms with Crippen LogP contribution in [0.5, 0.6) is 11.5 Å². The van der Waals surface area contributed by atoms with Crippen molar-refractivity contribution in [3.63, 3.8) is 0 Å². The number of thiocarbonyl (C=S) groups is 1. The number of carbonyl (C=O) groups excluding carboxylic acids is 1. The van der Waals surface area contributed by atoms with Crippen LogP contribution in [0.25, 0.3) is 6.08 Å². The molecule has 9 heteroatoms. The van der Waals surface area contributed by atoms with Gasteiger partial charge in [-0.2, -0.15) is 5.01 Å². The standard InChI is InChI=1S/C20H20N2O5S2/c1-4-26-16-9-14(7-8-15(16)27-11-18(23)24)10-17-19(25)22(20(28)29-17)21-12(2)5-6-13(21)3/h5-10H,4,11H2,1-3H3,(H,23,24)/b17-10+. The second-order valence-corrected chi connectivity index (χ2v) is 7.92. The molecule has 1 aliphatic rings. The molecule has 1 aromatic heterocycles. The summed E-state index contributed by atoms with van der Waals surface area (Å²) in [5, 5.41) is 10.3. The largest absolute Gasteiger partial charge is 0.490 e. The molecule has 0 radical (unpaired) electrons. The van der Waals surface area contributed by atoms with Gasteiger partial charge in [0, 0.05) is 11.4 Å². The van der Waals surface area contributed by atoms with Crippen molar-refractivity contribution in [2.75, 3.05) is 18.2 Å². The third-order valence-electron chi connectivity index (χ3n) is 4.12. The molecule has 3 rings (SSSR count). The first kappa shape index (κ1) is 20.9. The zero-order chi connectivity index (χ0) is 21.1. The van der Waals surface area contributed by atoms with E-state index >= 15 is 0 Å². The first-order valence-corrected chi connectivity index (χ1v) is 10.1. The third-order valence-corrected chi connectivity index (χ3v) is 5.41. The summed E-state index contributed by atoms with van der Waals surface area (Å²) in [6.07, 6.45) is 1.73. The number of carboxylic acids is 1. The van der Waals surface area contributed by atoms with Crippen molar-refractivity contribution in [3.05, 3.63) is 52.2 Å². The van der Waals surface area contributed by atoms with Gasteiger partial charge in [-0.05, 0) is 68.9 Å². The number of hydrogen-bond acceptors (Lipinski definition) is 6. The van der Waals surface area contributed by atoms with Crippen molar-refractivity contribution < 1.29 is 24.2 Å². The number of aliphatic carboxylic acids is 1. The van der Waals surface area contributed by atoms with Crippen LogP contribution in [0, 0.1) is 13.8 Å². The molecule has 0 aliphatic carbocycles. The Morgan fingerprint density at radius 1 is 1.17 bits per heavy atom. The Labute approximate surface area is 177 Å². The maximum atomic E-state index is 13.0. The average Bonchev–Trinajstić information content (AvgIpc) is 3.12. The summed E-state index contributed by atoms with van der Waals surface area (Å²) in [5.74, 6) is -0.532. The number of hydrogen-bond donors (Lipinski definition) is 1. The van der Waals surface area contributed by atoms with E-state index in [9.17, 15) is 9.59 Å². The minimum Gasteiger partial charge on any atom is -0.490 e. The smallest absolute Gasteiger partial charge is 0.341 e. The van der Waals surface area contributed by atoms with E-state index in [-0.39, 0.29) is 5.91 Å². The number of amides is 1. The van der Waals surface area contributed by atoms with Gasteiger partial charge in [0.15, 0.2) is 22.4 Å². The number of ether oxygens (including phenoxy) is 2. The number of rotatable bonds is 7. The molecule has 0 saturated carbocycles. The molecule has 0 unspecified atom stereocenters. The lowest BCUT2D eigenvalue weighted by Crippen LogP contribution is -2.39. The molecule has 2 aromatic rings. The Morgan fingerprint density at radius 2 is 1.86 bits per heavy atom. The fraction of sp³-hybridized carbons (Fsp3) is 0.250. The van der Waals surface area contributed by atoms with Gasteiger partial charge in [0.05, 0.1) is 11.5 Å². The first-order chi connectivity index (χ1) is 13.8. The Kier molecular flexibility index (Phi) is 6.29. The molecule has 2 heterocycles. The van der Waals surface area contributed by atoms with Crippen LogP contribution < -0.4 is 14.5 Å². The Bertz CT molecular complexity index is 993. The minimum atomic E-state index is -1.07. The van der Waals surface area contributed by atoms with Crippen molar-refractivity contribution >= 4 is 46.3 Å². The van der Waals surface area contributed by atoms with Crippen LogP contribution in [0.3, 0.4) is 0 Å². The van der Waals surface area contributed by atoms with E-state index in [4.69, 9.17) is 26.8 Å². The van der Waals surface area contributed by atoms with E-state index in [0.717, 1.165) is 17.0 Å². The van der Waals surface area contributed by atoms with E-state index < -0.39 is 12.6 Å². The second kappa shape index (κ2) is 8.71. The van der Waals surface area contributed by atoms with Gasteiger partial charge >= 0.3 is 5.97 Å². The van der Waals surface area contributed by atoms with Crippen LogP contribution in [-0.4, -0.2) is 39.2 Å². The van der Waals surface area contributed by atoms with Crippen molar-refractivity contribution in [1.82, 2.24) is 4.68 Å². The van der Waals surface area contributed by atoms with Gasteiger partial charge in [-0.25, -0.2) is 4.79 Å². The number of thioether (sulfide) groups is 1.